The molecule has 0 aromatic carbocycles. The molecular formula is C4H8O3. The van der Waals surface area contributed by atoms with E-state index in [0.717, 1.165) is 13.0 Å². The molecule has 2 radical (unpaired) electrons. The van der Waals surface area contributed by atoms with Crippen LogP contribution in [0.2, 0.25) is 0 Å². The fourth-order valence-electron chi connectivity index (χ4n) is 0. The lowest BCUT2D eigenvalue weighted by Gasteiger charge is -1.67. The molecule has 0 heterocycles. The second-order valence-corrected chi connectivity index (χ2v) is 0.682. The molecule has 0 saturated heterocycles. The van der Waals surface area contributed by atoms with E-state index in [1.165, 1.54) is 0 Å². The van der Waals surface area contributed by atoms with Crippen molar-refractivity contribution in [2.75, 3.05) is 0 Å². The third-order valence-corrected chi connectivity index (χ3v) is 0.183. The lowest BCUT2D eigenvalue weighted by molar-refractivity contribution is 0.381. The molecule has 0 aliphatic rings. The summed E-state index contributed by atoms with van der Waals surface area (Å²) >= 11 is 0. The minimum Gasteiger partial charge on any atom is -0.473 e. The molecule has 0 spiro atoms. The van der Waals surface area contributed by atoms with Gasteiger partial charge in [-0.2, -0.15) is 0 Å². The van der Waals surface area contributed by atoms with Crippen molar-refractivity contribution in [3.05, 3.63) is 6.61 Å². The molecule has 3 nitrogen and oxygen atoms in total. The zero-order valence-corrected chi connectivity index (χ0v) is 4.09. The molecule has 42 valence electrons. The highest BCUT2D eigenvalue weighted by Crippen LogP contribution is 1.69. The average molecular weight is 104 g/mol. The largest absolute Gasteiger partial charge is 0.473 e. The first kappa shape index (κ1) is 9.66. The number of rotatable bonds is 1. The van der Waals surface area contributed by atoms with Crippen LogP contribution in [0.1, 0.15) is 13.3 Å². The summed E-state index contributed by atoms with van der Waals surface area (Å²) in [6.45, 7) is 3.50. The summed E-state index contributed by atoms with van der Waals surface area (Å²) in [6.07, 6.45) is 0.750. The van der Waals surface area contributed by atoms with Crippen LogP contribution in [0, 0.1) is 6.61 Å². The molecule has 0 fully saturated rings. The normalized spacial score (nSPS) is 6.00. The summed E-state index contributed by atoms with van der Waals surface area (Å²) in [5.41, 5.74) is 0. The summed E-state index contributed by atoms with van der Waals surface area (Å²) in [5, 5.41) is 14.5. The van der Waals surface area contributed by atoms with E-state index in [4.69, 9.17) is 15.0 Å². The Labute approximate surface area is 42.6 Å². The molecule has 0 rings (SSSR count). The Morgan fingerprint density at radius 2 is 2.00 bits per heavy atom. The van der Waals surface area contributed by atoms with Crippen LogP contribution in [-0.4, -0.2) is 16.7 Å². The number of hydrogen-bond donors (Lipinski definition) is 2. The van der Waals surface area contributed by atoms with Gasteiger partial charge in [-0.1, -0.05) is 6.92 Å². The van der Waals surface area contributed by atoms with Crippen LogP contribution in [0.3, 0.4) is 0 Å². The highest BCUT2D eigenvalue weighted by atomic mass is 16.3. The maximum atomic E-state index is 8.24. The Balaban J connectivity index is 0. The number of hydrogen-bond acceptors (Lipinski definition) is 2. The molecule has 0 saturated carbocycles. The van der Waals surface area contributed by atoms with Crippen LogP contribution < -0.4 is 0 Å². The SMILES string of the molecule is CC[CH]O.O=[C]O. The summed E-state index contributed by atoms with van der Waals surface area (Å²) in [6, 6.07) is 0. The molecule has 2 N–H and O–H groups in total. The van der Waals surface area contributed by atoms with Crippen molar-refractivity contribution in [3.8, 4) is 0 Å². The van der Waals surface area contributed by atoms with Crippen LogP contribution in [0.4, 0.5) is 0 Å². The van der Waals surface area contributed by atoms with E-state index in [-0.39, 0.29) is 0 Å². The lowest BCUT2D eigenvalue weighted by atomic mass is 10.5. The van der Waals surface area contributed by atoms with Gasteiger partial charge in [0.1, 0.15) is 0 Å². The first-order chi connectivity index (χ1) is 3.33. The van der Waals surface area contributed by atoms with Crippen molar-refractivity contribution >= 4 is 6.47 Å². The van der Waals surface area contributed by atoms with Gasteiger partial charge in [0.15, 0.2) is 0 Å². The Morgan fingerprint density at radius 1 is 1.86 bits per heavy atom. The van der Waals surface area contributed by atoms with Crippen molar-refractivity contribution in [1.29, 1.82) is 0 Å². The monoisotopic (exact) mass is 104 g/mol. The van der Waals surface area contributed by atoms with Gasteiger partial charge in [-0.25, -0.2) is 4.79 Å². The lowest BCUT2D eigenvalue weighted by Crippen LogP contribution is -1.57. The third-order valence-electron chi connectivity index (χ3n) is 0.183. The van der Waals surface area contributed by atoms with Crippen molar-refractivity contribution in [1.82, 2.24) is 0 Å². The van der Waals surface area contributed by atoms with Crippen molar-refractivity contribution in [3.63, 3.8) is 0 Å². The van der Waals surface area contributed by atoms with E-state index in [1.54, 1.807) is 0 Å². The molecular weight excluding hydrogens is 96.0 g/mol. The number of aliphatic hydroxyl groups excluding tert-OH is 2. The Bertz CT molecular complexity index is 26.1. The van der Waals surface area contributed by atoms with E-state index in [1.807, 2.05) is 6.92 Å². The summed E-state index contributed by atoms with van der Waals surface area (Å²) in [5.74, 6) is 0. The minimum atomic E-state index is 0.500. The predicted octanol–water partition coefficient (Wildman–Crippen LogP) is 0.542. The third kappa shape index (κ3) is 346. The van der Waals surface area contributed by atoms with Crippen LogP contribution in [0.5, 0.6) is 0 Å². The maximum absolute atomic E-state index is 8.24. The standard InChI is InChI=1S/C3H7O.CHO2/c1-2-3-4;2-1-3/h3-4H,2H2,1H3;(H,2,3). The Kier molecular flexibility index (Phi) is 24.9. The zero-order chi connectivity index (χ0) is 6.12. The first-order valence-corrected chi connectivity index (χ1v) is 1.80. The van der Waals surface area contributed by atoms with Crippen LogP contribution in [0.15, 0.2) is 0 Å². The number of aliphatic hydroxyl groups is 1. The van der Waals surface area contributed by atoms with E-state index < -0.39 is 0 Å². The van der Waals surface area contributed by atoms with Gasteiger partial charge in [0.2, 0.25) is 0 Å². The average Bonchev–Trinajstić information content (AvgIpc) is 1.69. The van der Waals surface area contributed by atoms with Crippen LogP contribution in [-0.2, 0) is 4.79 Å². The van der Waals surface area contributed by atoms with Gasteiger partial charge >= 0.3 is 6.47 Å². The smallest absolute Gasteiger partial charge is 0.414 e. The van der Waals surface area contributed by atoms with Crippen molar-refractivity contribution in [2.45, 2.75) is 13.3 Å². The molecule has 0 aliphatic heterocycles. The summed E-state index contributed by atoms with van der Waals surface area (Å²) in [7, 11) is 0. The fourth-order valence-corrected chi connectivity index (χ4v) is 0. The van der Waals surface area contributed by atoms with E-state index in [2.05, 4.69) is 0 Å². The molecule has 0 atom stereocenters. The van der Waals surface area contributed by atoms with E-state index in [0.29, 0.717) is 6.47 Å². The minimum absolute atomic E-state index is 0.500. The molecule has 0 aromatic heterocycles. The predicted molar refractivity (Wildman–Crippen MR) is 24.8 cm³/mol. The van der Waals surface area contributed by atoms with Crippen LogP contribution in [0.25, 0.3) is 0 Å². The van der Waals surface area contributed by atoms with Gasteiger partial charge in [0.25, 0.3) is 0 Å². The highest BCUT2D eigenvalue weighted by Gasteiger charge is 1.58. The second-order valence-electron chi connectivity index (χ2n) is 0.682. The van der Waals surface area contributed by atoms with Gasteiger partial charge < -0.3 is 10.2 Å². The molecule has 7 heavy (non-hydrogen) atoms. The maximum Gasteiger partial charge on any atom is 0.414 e. The molecule has 3 heteroatoms. The Morgan fingerprint density at radius 3 is 2.00 bits per heavy atom. The molecule has 0 unspecified atom stereocenters. The quantitative estimate of drug-likeness (QED) is 0.510. The van der Waals surface area contributed by atoms with Crippen LogP contribution >= 0.6 is 0 Å². The summed E-state index contributed by atoms with van der Waals surface area (Å²) < 4.78 is 0. The van der Waals surface area contributed by atoms with Gasteiger partial charge in [0.05, 0.1) is 6.61 Å². The fraction of sp³-hybridized carbons (Fsp3) is 0.500. The van der Waals surface area contributed by atoms with E-state index >= 15 is 0 Å². The molecule has 0 aliphatic carbocycles. The van der Waals surface area contributed by atoms with Gasteiger partial charge in [-0.15, -0.1) is 0 Å². The Hall–Kier alpha value is -0.570. The second kappa shape index (κ2) is 18.0. The molecule has 0 aromatic rings. The zero-order valence-electron chi connectivity index (χ0n) is 4.09. The van der Waals surface area contributed by atoms with Gasteiger partial charge in [-0.05, 0) is 6.42 Å². The molecule has 0 amide bonds. The molecule has 0 bridgehead atoms. The van der Waals surface area contributed by atoms with E-state index in [9.17, 15) is 0 Å². The van der Waals surface area contributed by atoms with Crippen molar-refractivity contribution < 1.29 is 15.0 Å². The summed E-state index contributed by atoms with van der Waals surface area (Å²) in [4.78, 5) is 8.24. The van der Waals surface area contributed by atoms with Gasteiger partial charge in [-0.3, -0.25) is 0 Å². The highest BCUT2D eigenvalue weighted by molar-refractivity contribution is 5.34. The van der Waals surface area contributed by atoms with Gasteiger partial charge in [0, 0.05) is 0 Å². The van der Waals surface area contributed by atoms with Crippen molar-refractivity contribution in [2.24, 2.45) is 0 Å². The topological polar surface area (TPSA) is 57.5 Å². The first-order valence-electron chi connectivity index (χ1n) is 1.80.